The first kappa shape index (κ1) is 44.3. The van der Waals surface area contributed by atoms with E-state index in [-0.39, 0.29) is 29.7 Å². The van der Waals surface area contributed by atoms with Gasteiger partial charge in [0.15, 0.2) is 0 Å². The van der Waals surface area contributed by atoms with Crippen LogP contribution in [-0.2, 0) is 10.1 Å². The lowest BCUT2D eigenvalue weighted by Crippen LogP contribution is -2.47. The van der Waals surface area contributed by atoms with Gasteiger partial charge < -0.3 is 23.7 Å². The van der Waals surface area contributed by atoms with E-state index in [1.165, 1.54) is 97.7 Å². The summed E-state index contributed by atoms with van der Waals surface area (Å²) in [6, 6.07) is 18.0. The molecule has 0 bridgehead atoms. The molecular formula is C40H62BF3N2O3. The van der Waals surface area contributed by atoms with E-state index in [4.69, 9.17) is 0 Å². The van der Waals surface area contributed by atoms with Crippen molar-refractivity contribution in [1.82, 2.24) is 0 Å². The molecule has 3 rings (SSSR count). The zero-order valence-corrected chi connectivity index (χ0v) is 31.5. The molecule has 5 nitrogen and oxygen atoms in total. The second-order valence-electron chi connectivity index (χ2n) is 12.5. The number of benzene rings is 3. The molecule has 0 unspecified atom stereocenters. The Kier molecular flexibility index (Phi) is 20.7. The van der Waals surface area contributed by atoms with Crippen molar-refractivity contribution in [2.45, 2.75) is 86.5 Å². The summed E-state index contributed by atoms with van der Waals surface area (Å²) in [7, 11) is -2.34. The van der Waals surface area contributed by atoms with Crippen molar-refractivity contribution in [3.8, 4) is 0 Å². The van der Waals surface area contributed by atoms with Crippen LogP contribution in [0.15, 0.2) is 72.8 Å². The molecule has 0 aliphatic heterocycles. The van der Waals surface area contributed by atoms with Crippen molar-refractivity contribution in [3.63, 3.8) is 0 Å². The van der Waals surface area contributed by atoms with Crippen LogP contribution in [0.1, 0.15) is 97.8 Å². The van der Waals surface area contributed by atoms with E-state index in [0.717, 1.165) is 0 Å². The van der Waals surface area contributed by atoms with Crippen molar-refractivity contribution in [2.24, 2.45) is 0 Å². The third kappa shape index (κ3) is 12.5. The molecule has 0 aliphatic carbocycles. The highest BCUT2D eigenvalue weighted by atomic mass is 19.1. The number of unbranched alkanes of at least 4 members (excludes halogenated alkanes) is 2. The summed E-state index contributed by atoms with van der Waals surface area (Å²) in [5.74, 6) is -1.67. The van der Waals surface area contributed by atoms with Gasteiger partial charge in [0.05, 0.1) is 65.1 Å². The maximum absolute atomic E-state index is 15.1. The number of nitrogens with zero attached hydrogens (tertiary/aromatic N) is 2. The van der Waals surface area contributed by atoms with Crippen molar-refractivity contribution >= 4 is 7.32 Å². The van der Waals surface area contributed by atoms with E-state index in [1.807, 2.05) is 0 Å². The van der Waals surface area contributed by atoms with E-state index < -0.39 is 30.2 Å². The van der Waals surface area contributed by atoms with E-state index in [1.54, 1.807) is 36.4 Å². The van der Waals surface area contributed by atoms with Gasteiger partial charge in [0.2, 0.25) is 0 Å². The van der Waals surface area contributed by atoms with Gasteiger partial charge in [-0.05, 0) is 86.4 Å². The maximum atomic E-state index is 15.1. The van der Waals surface area contributed by atoms with Gasteiger partial charge in [-0.25, -0.2) is 13.2 Å². The molecule has 0 aliphatic rings. The van der Waals surface area contributed by atoms with Gasteiger partial charge >= 0.3 is 0 Å². The second kappa shape index (κ2) is 22.9. The van der Waals surface area contributed by atoms with E-state index in [2.05, 4.69) is 60.0 Å². The molecule has 0 amide bonds. The Morgan fingerprint density at radius 1 is 0.510 bits per heavy atom. The smallest absolute Gasteiger partial charge is 0.127 e. The standard InChI is InChI=1S/C24H22BF3O3.2C8H20N/c26-21-13-5-2-10-18(21)24(19-11-3-6-14-22(19)27,20-12-4-7-15-23(20)28)16-8-1-9-17-31-25(29)30;2*1-5-9(6-2,7-3)8-4/h2-7,10-15H,1,8-9,16-17H2;2*5-8H2,1-4H3/q-2;2*+1. The first-order valence-corrected chi connectivity index (χ1v) is 18.3. The van der Waals surface area contributed by atoms with Gasteiger partial charge in [-0.3, -0.25) is 0 Å². The summed E-state index contributed by atoms with van der Waals surface area (Å²) >= 11 is 0. The predicted molar refractivity (Wildman–Crippen MR) is 194 cm³/mol. The van der Waals surface area contributed by atoms with E-state index in [0.29, 0.717) is 19.3 Å². The fourth-order valence-electron chi connectivity index (χ4n) is 6.79. The topological polar surface area (TPSA) is 55.3 Å². The highest BCUT2D eigenvalue weighted by molar-refractivity contribution is 6.28. The SMILES string of the molecule is CC[N+](CC)(CC)CC.CC[N+](CC)(CC)CC.[O-]B([O-])OCCCCCC(c1ccccc1F)(c1ccccc1F)c1ccccc1F. The van der Waals surface area contributed by atoms with Gasteiger partial charge in [-0.1, -0.05) is 67.4 Å². The monoisotopic (exact) mass is 686 g/mol. The average molecular weight is 687 g/mol. The highest BCUT2D eigenvalue weighted by Gasteiger charge is 2.41. The zero-order valence-electron chi connectivity index (χ0n) is 31.5. The third-order valence-electron chi connectivity index (χ3n) is 10.8. The zero-order chi connectivity index (χ0) is 36.9. The number of hydrogen-bond acceptors (Lipinski definition) is 3. The van der Waals surface area contributed by atoms with Crippen LogP contribution in [0.2, 0.25) is 0 Å². The molecule has 3 aromatic carbocycles. The molecule has 9 heteroatoms. The summed E-state index contributed by atoms with van der Waals surface area (Å²) in [6.07, 6.45) is 1.64. The Morgan fingerprint density at radius 2 is 0.816 bits per heavy atom. The Balaban J connectivity index is 0.000000547. The van der Waals surface area contributed by atoms with Gasteiger partial charge in [-0.2, -0.15) is 0 Å². The largest absolute Gasteiger partial charge is 0.871 e. The molecule has 0 heterocycles. The van der Waals surface area contributed by atoms with Crippen molar-refractivity contribution in [2.75, 3.05) is 59.0 Å². The molecule has 0 N–H and O–H groups in total. The lowest BCUT2D eigenvalue weighted by atomic mass is 9.66. The van der Waals surface area contributed by atoms with Crippen LogP contribution >= 0.6 is 0 Å². The highest BCUT2D eigenvalue weighted by Crippen LogP contribution is 2.46. The first-order chi connectivity index (χ1) is 23.4. The summed E-state index contributed by atoms with van der Waals surface area (Å²) in [5.41, 5.74) is -0.857. The van der Waals surface area contributed by atoms with Gasteiger partial charge in [0.25, 0.3) is 0 Å². The normalized spacial score (nSPS) is 11.7. The van der Waals surface area contributed by atoms with Crippen LogP contribution in [0.25, 0.3) is 0 Å². The number of halogens is 3. The van der Waals surface area contributed by atoms with Crippen molar-refractivity contribution < 1.29 is 36.8 Å². The summed E-state index contributed by atoms with van der Waals surface area (Å²) in [5, 5.41) is 21.0. The molecule has 49 heavy (non-hydrogen) atoms. The fourth-order valence-corrected chi connectivity index (χ4v) is 6.79. The van der Waals surface area contributed by atoms with E-state index in [9.17, 15) is 10.0 Å². The van der Waals surface area contributed by atoms with Crippen molar-refractivity contribution in [1.29, 1.82) is 0 Å². The Hall–Kier alpha value is -2.69. The Morgan fingerprint density at radius 3 is 1.06 bits per heavy atom. The van der Waals surface area contributed by atoms with E-state index >= 15 is 13.2 Å². The number of quaternary nitrogens is 2. The average Bonchev–Trinajstić information content (AvgIpc) is 3.12. The molecular weight excluding hydrogens is 624 g/mol. The summed E-state index contributed by atoms with van der Waals surface area (Å²) in [4.78, 5) is 0. The quantitative estimate of drug-likeness (QED) is 0.0604. The van der Waals surface area contributed by atoms with Crippen molar-refractivity contribution in [3.05, 3.63) is 107 Å². The van der Waals surface area contributed by atoms with Crippen LogP contribution in [0.4, 0.5) is 13.2 Å². The fraction of sp³-hybridized carbons (Fsp3) is 0.550. The van der Waals surface area contributed by atoms with Crippen LogP contribution < -0.4 is 10.0 Å². The number of hydrogen-bond donors (Lipinski definition) is 0. The van der Waals surface area contributed by atoms with Gasteiger partial charge in [-0.15, -0.1) is 0 Å². The molecule has 0 fully saturated rings. The van der Waals surface area contributed by atoms with Gasteiger partial charge in [0.1, 0.15) is 17.5 Å². The molecule has 0 radical (unpaired) electrons. The minimum absolute atomic E-state index is 0.00373. The lowest BCUT2D eigenvalue weighted by molar-refractivity contribution is -0.921. The van der Waals surface area contributed by atoms with Crippen LogP contribution in [0.3, 0.4) is 0 Å². The summed E-state index contributed by atoms with van der Waals surface area (Å²) < 4.78 is 52.4. The molecule has 3 aromatic rings. The van der Waals surface area contributed by atoms with Gasteiger partial charge in [0, 0.05) is 23.3 Å². The third-order valence-corrected chi connectivity index (χ3v) is 10.8. The predicted octanol–water partition coefficient (Wildman–Crippen LogP) is 7.49. The molecule has 0 saturated heterocycles. The molecule has 0 spiro atoms. The lowest BCUT2D eigenvalue weighted by Gasteiger charge is -2.37. The Labute approximate surface area is 296 Å². The minimum atomic E-state index is -2.34. The van der Waals surface area contributed by atoms with Crippen LogP contribution in [-0.4, -0.2) is 75.3 Å². The first-order valence-electron chi connectivity index (χ1n) is 18.3. The van der Waals surface area contributed by atoms with Crippen LogP contribution in [0.5, 0.6) is 0 Å². The molecule has 0 atom stereocenters. The number of rotatable bonds is 18. The molecule has 0 saturated carbocycles. The van der Waals surface area contributed by atoms with Crippen LogP contribution in [0, 0.1) is 17.5 Å². The molecule has 0 aromatic heterocycles. The molecule has 274 valence electrons. The second-order valence-corrected chi connectivity index (χ2v) is 12.5. The summed E-state index contributed by atoms with van der Waals surface area (Å²) in [6.45, 7) is 28.4. The maximum Gasteiger partial charge on any atom is 0.127 e. The minimum Gasteiger partial charge on any atom is -0.871 e. The Bertz CT molecular complexity index is 1150.